The van der Waals surface area contributed by atoms with Gasteiger partial charge in [0.25, 0.3) is 0 Å². The zero-order valence-electron chi connectivity index (χ0n) is 6.39. The van der Waals surface area contributed by atoms with E-state index in [2.05, 4.69) is 17.6 Å². The number of hydrogen-bond acceptors (Lipinski definition) is 4. The van der Waals surface area contributed by atoms with Crippen LogP contribution in [0.2, 0.25) is 0 Å². The minimum atomic E-state index is -1.18. The Morgan fingerprint density at radius 2 is 2.31 bits per heavy atom. The van der Waals surface area contributed by atoms with Crippen LogP contribution >= 0.6 is 12.6 Å². The van der Waals surface area contributed by atoms with E-state index in [4.69, 9.17) is 9.52 Å². The average Bonchev–Trinajstić information content (AvgIpc) is 2.49. The highest BCUT2D eigenvalue weighted by atomic mass is 32.1. The van der Waals surface area contributed by atoms with Crippen molar-refractivity contribution in [3.05, 3.63) is 24.1 Å². The molecule has 13 heavy (non-hydrogen) atoms. The molecule has 66 valence electrons. The summed E-state index contributed by atoms with van der Waals surface area (Å²) in [5, 5.41) is 8.60. The molecule has 5 heteroatoms. The molecule has 0 saturated heterocycles. The van der Waals surface area contributed by atoms with Crippen molar-refractivity contribution in [2.75, 3.05) is 0 Å². The minimum Gasteiger partial charge on any atom is -0.474 e. The number of carbonyl (C=O) groups is 1. The summed E-state index contributed by atoms with van der Waals surface area (Å²) in [5.41, 5.74) is 0.910. The van der Waals surface area contributed by atoms with Crippen LogP contribution in [0.15, 0.2) is 27.5 Å². The summed E-state index contributed by atoms with van der Waals surface area (Å²) < 4.78 is 4.95. The van der Waals surface area contributed by atoms with E-state index >= 15 is 0 Å². The smallest absolute Gasteiger partial charge is 0.392 e. The van der Waals surface area contributed by atoms with Crippen LogP contribution in [-0.2, 0) is 0 Å². The predicted molar refractivity (Wildman–Crippen MR) is 48.2 cm³/mol. The van der Waals surface area contributed by atoms with Gasteiger partial charge in [-0.1, -0.05) is 6.07 Å². The molecular weight excluding hydrogens is 190 g/mol. The van der Waals surface area contributed by atoms with Crippen LogP contribution in [0.3, 0.4) is 0 Å². The lowest BCUT2D eigenvalue weighted by Crippen LogP contribution is -1.94. The van der Waals surface area contributed by atoms with E-state index in [0.29, 0.717) is 16.0 Å². The minimum absolute atomic E-state index is 0.309. The lowest BCUT2D eigenvalue weighted by molar-refractivity contribution is 0.0656. The van der Waals surface area contributed by atoms with Crippen LogP contribution in [-0.4, -0.2) is 16.1 Å². The van der Waals surface area contributed by atoms with Gasteiger partial charge in [0.15, 0.2) is 5.58 Å². The van der Waals surface area contributed by atoms with Crippen molar-refractivity contribution < 1.29 is 14.3 Å². The Labute approximate surface area is 78.6 Å². The van der Waals surface area contributed by atoms with E-state index in [0.717, 1.165) is 0 Å². The van der Waals surface area contributed by atoms with E-state index in [1.54, 1.807) is 18.2 Å². The number of thiol groups is 1. The van der Waals surface area contributed by atoms with Gasteiger partial charge in [0.05, 0.1) is 0 Å². The molecular formula is C8H5NO3S. The largest absolute Gasteiger partial charge is 0.474 e. The molecule has 1 heterocycles. The molecule has 0 bridgehead atoms. The SMILES string of the molecule is O=C(O)c1nc2c(S)cccc2o1. The fourth-order valence-corrected chi connectivity index (χ4v) is 1.27. The van der Waals surface area contributed by atoms with Gasteiger partial charge >= 0.3 is 11.9 Å². The zero-order valence-corrected chi connectivity index (χ0v) is 7.28. The van der Waals surface area contributed by atoms with E-state index in [9.17, 15) is 4.79 Å². The summed E-state index contributed by atoms with van der Waals surface area (Å²) in [6, 6.07) is 5.09. The number of carboxylic acids is 1. The van der Waals surface area contributed by atoms with Gasteiger partial charge in [0, 0.05) is 4.90 Å². The standard InChI is InChI=1S/C8H5NO3S/c10-8(11)7-9-6-4(12-7)2-1-3-5(6)13/h1-3,13H,(H,10,11). The first-order chi connectivity index (χ1) is 6.18. The third kappa shape index (κ3) is 1.27. The number of carboxylic acid groups (broad SMARTS) is 1. The second-order valence-electron chi connectivity index (χ2n) is 2.45. The number of benzene rings is 1. The second-order valence-corrected chi connectivity index (χ2v) is 2.93. The Morgan fingerprint density at radius 3 is 2.92 bits per heavy atom. The maximum Gasteiger partial charge on any atom is 0.392 e. The number of aromatic carboxylic acids is 1. The summed E-state index contributed by atoms with van der Waals surface area (Å²) >= 11 is 4.12. The van der Waals surface area contributed by atoms with Crippen molar-refractivity contribution >= 4 is 29.7 Å². The molecule has 0 saturated carbocycles. The summed E-state index contributed by atoms with van der Waals surface area (Å²) in [6.07, 6.45) is 0. The lowest BCUT2D eigenvalue weighted by atomic mass is 10.3. The maximum absolute atomic E-state index is 10.5. The average molecular weight is 195 g/mol. The molecule has 0 unspecified atom stereocenters. The van der Waals surface area contributed by atoms with Crippen molar-refractivity contribution in [1.29, 1.82) is 0 Å². The topological polar surface area (TPSA) is 63.3 Å². The predicted octanol–water partition coefficient (Wildman–Crippen LogP) is 1.81. The van der Waals surface area contributed by atoms with Gasteiger partial charge in [0.2, 0.25) is 0 Å². The Balaban J connectivity index is 2.75. The van der Waals surface area contributed by atoms with Gasteiger partial charge in [-0.15, -0.1) is 12.6 Å². The van der Waals surface area contributed by atoms with Crippen molar-refractivity contribution in [1.82, 2.24) is 4.98 Å². The first kappa shape index (κ1) is 8.12. The van der Waals surface area contributed by atoms with Crippen molar-refractivity contribution in [2.24, 2.45) is 0 Å². The Hall–Kier alpha value is -1.49. The van der Waals surface area contributed by atoms with Crippen LogP contribution in [0.5, 0.6) is 0 Å². The molecule has 0 spiro atoms. The molecule has 0 aliphatic carbocycles. The number of para-hydroxylation sites is 1. The molecule has 2 aromatic rings. The van der Waals surface area contributed by atoms with Gasteiger partial charge in [-0.05, 0) is 12.1 Å². The van der Waals surface area contributed by atoms with Gasteiger partial charge < -0.3 is 9.52 Å². The van der Waals surface area contributed by atoms with Crippen LogP contribution < -0.4 is 0 Å². The molecule has 0 amide bonds. The molecule has 2 rings (SSSR count). The Bertz CT molecular complexity index is 477. The van der Waals surface area contributed by atoms with Crippen molar-refractivity contribution in [3.63, 3.8) is 0 Å². The van der Waals surface area contributed by atoms with E-state index in [1.807, 2.05) is 0 Å². The van der Waals surface area contributed by atoms with Crippen LogP contribution in [0.25, 0.3) is 11.1 Å². The molecule has 1 aromatic carbocycles. The summed E-state index contributed by atoms with van der Waals surface area (Å²) in [4.78, 5) is 14.9. The van der Waals surface area contributed by atoms with Gasteiger partial charge in [-0.25, -0.2) is 9.78 Å². The van der Waals surface area contributed by atoms with Crippen molar-refractivity contribution in [2.45, 2.75) is 4.90 Å². The van der Waals surface area contributed by atoms with Crippen molar-refractivity contribution in [3.8, 4) is 0 Å². The molecule has 0 aliphatic heterocycles. The van der Waals surface area contributed by atoms with Gasteiger partial charge in [0.1, 0.15) is 5.52 Å². The van der Waals surface area contributed by atoms with Crippen LogP contribution in [0.4, 0.5) is 0 Å². The molecule has 0 fully saturated rings. The number of aromatic nitrogens is 1. The van der Waals surface area contributed by atoms with E-state index < -0.39 is 5.97 Å². The first-order valence-electron chi connectivity index (χ1n) is 3.50. The Kier molecular flexibility index (Phi) is 1.73. The zero-order chi connectivity index (χ0) is 9.42. The van der Waals surface area contributed by atoms with Crippen LogP contribution in [0.1, 0.15) is 10.7 Å². The first-order valence-corrected chi connectivity index (χ1v) is 3.95. The number of nitrogens with zero attached hydrogens (tertiary/aromatic N) is 1. The van der Waals surface area contributed by atoms with Crippen LogP contribution in [0, 0.1) is 0 Å². The highest BCUT2D eigenvalue weighted by molar-refractivity contribution is 7.80. The molecule has 0 radical (unpaired) electrons. The van der Waals surface area contributed by atoms with Gasteiger partial charge in [-0.2, -0.15) is 0 Å². The Morgan fingerprint density at radius 1 is 1.54 bits per heavy atom. The third-order valence-corrected chi connectivity index (χ3v) is 1.94. The molecule has 1 N–H and O–H groups in total. The quantitative estimate of drug-likeness (QED) is 0.681. The fourth-order valence-electron chi connectivity index (χ4n) is 1.03. The number of rotatable bonds is 1. The molecule has 1 aromatic heterocycles. The summed E-state index contributed by atoms with van der Waals surface area (Å²) in [7, 11) is 0. The second kappa shape index (κ2) is 2.77. The number of oxazole rings is 1. The highest BCUT2D eigenvalue weighted by Crippen LogP contribution is 2.21. The normalized spacial score (nSPS) is 10.5. The van der Waals surface area contributed by atoms with E-state index in [-0.39, 0.29) is 5.89 Å². The van der Waals surface area contributed by atoms with Gasteiger partial charge in [-0.3, -0.25) is 0 Å². The lowest BCUT2D eigenvalue weighted by Gasteiger charge is -1.87. The fraction of sp³-hybridized carbons (Fsp3) is 0. The maximum atomic E-state index is 10.5. The molecule has 0 atom stereocenters. The highest BCUT2D eigenvalue weighted by Gasteiger charge is 2.13. The number of hydrogen-bond donors (Lipinski definition) is 2. The monoisotopic (exact) mass is 195 g/mol. The molecule has 0 aliphatic rings. The van der Waals surface area contributed by atoms with E-state index in [1.165, 1.54) is 0 Å². The third-order valence-electron chi connectivity index (χ3n) is 1.58. The summed E-state index contributed by atoms with van der Waals surface area (Å²) in [6.45, 7) is 0. The number of fused-ring (bicyclic) bond motifs is 1. The molecule has 4 nitrogen and oxygen atoms in total. The summed E-state index contributed by atoms with van der Waals surface area (Å²) in [5.74, 6) is -1.49.